The number of sulfonamides is 1. The van der Waals surface area contributed by atoms with E-state index in [-0.39, 0.29) is 15.6 Å². The van der Waals surface area contributed by atoms with Crippen LogP contribution in [0.1, 0.15) is 13.8 Å². The number of nitro benzene ring substituents is 1. The van der Waals surface area contributed by atoms with Gasteiger partial charge in [0.25, 0.3) is 15.7 Å². The van der Waals surface area contributed by atoms with Gasteiger partial charge in [-0.3, -0.25) is 19.2 Å². The Bertz CT molecular complexity index is 995. The number of hydrogen-bond acceptors (Lipinski definition) is 6. The Morgan fingerprint density at radius 2 is 1.86 bits per heavy atom. The minimum Gasteiger partial charge on any atom is -0.462 e. The molecule has 11 heteroatoms. The molecule has 0 fully saturated rings. The lowest BCUT2D eigenvalue weighted by Gasteiger charge is -2.25. The highest BCUT2D eigenvalue weighted by Crippen LogP contribution is 2.33. The van der Waals surface area contributed by atoms with Crippen molar-refractivity contribution >= 4 is 39.0 Å². The molecule has 0 spiro atoms. The molecule has 150 valence electrons. The topological polar surface area (TPSA) is 107 Å². The zero-order valence-corrected chi connectivity index (χ0v) is 16.4. The van der Waals surface area contributed by atoms with E-state index in [1.54, 1.807) is 13.8 Å². The van der Waals surface area contributed by atoms with Gasteiger partial charge in [-0.2, -0.15) is 0 Å². The van der Waals surface area contributed by atoms with Crippen LogP contribution in [0.4, 0.5) is 15.8 Å². The van der Waals surface area contributed by atoms with E-state index in [2.05, 4.69) is 0 Å². The van der Waals surface area contributed by atoms with Gasteiger partial charge in [-0.05, 0) is 44.2 Å². The maximum absolute atomic E-state index is 13.2. The number of hydrogen-bond donors (Lipinski definition) is 0. The van der Waals surface area contributed by atoms with Crippen LogP contribution in [0.15, 0.2) is 47.4 Å². The maximum Gasteiger partial charge on any atom is 0.327 e. The summed E-state index contributed by atoms with van der Waals surface area (Å²) in [5.41, 5.74) is -0.697. The molecule has 2 aromatic rings. The first-order valence-corrected chi connectivity index (χ1v) is 9.76. The van der Waals surface area contributed by atoms with Gasteiger partial charge in [-0.25, -0.2) is 12.8 Å². The van der Waals surface area contributed by atoms with Crippen molar-refractivity contribution in [1.82, 2.24) is 0 Å². The average molecular weight is 431 g/mol. The van der Waals surface area contributed by atoms with Gasteiger partial charge in [0.1, 0.15) is 12.4 Å². The summed E-state index contributed by atoms with van der Waals surface area (Å²) in [4.78, 5) is 22.2. The average Bonchev–Trinajstić information content (AvgIpc) is 2.60. The molecule has 0 saturated carbocycles. The molecule has 2 rings (SSSR count). The molecule has 0 amide bonds. The zero-order valence-electron chi connectivity index (χ0n) is 14.8. The Balaban J connectivity index is 2.60. The second kappa shape index (κ2) is 8.53. The van der Waals surface area contributed by atoms with E-state index in [4.69, 9.17) is 16.3 Å². The predicted molar refractivity (Wildman–Crippen MR) is 100 cm³/mol. The third kappa shape index (κ3) is 4.96. The number of ether oxygens (including phenoxy) is 1. The van der Waals surface area contributed by atoms with Gasteiger partial charge in [0, 0.05) is 12.1 Å². The summed E-state index contributed by atoms with van der Waals surface area (Å²) in [5.74, 6) is -1.54. The van der Waals surface area contributed by atoms with Crippen LogP contribution in [0.5, 0.6) is 0 Å². The highest BCUT2D eigenvalue weighted by Gasteiger charge is 2.31. The van der Waals surface area contributed by atoms with Crippen molar-refractivity contribution in [3.05, 3.63) is 63.4 Å². The molecular formula is C17H16ClFN2O6S. The van der Waals surface area contributed by atoms with E-state index in [0.717, 1.165) is 42.5 Å². The molecule has 0 aliphatic heterocycles. The fraction of sp³-hybridized carbons (Fsp3) is 0.235. The second-order valence-electron chi connectivity index (χ2n) is 5.90. The highest BCUT2D eigenvalue weighted by molar-refractivity contribution is 7.92. The van der Waals surface area contributed by atoms with Crippen molar-refractivity contribution < 1.29 is 27.3 Å². The quantitative estimate of drug-likeness (QED) is 0.378. The normalized spacial score (nSPS) is 11.3. The molecule has 0 N–H and O–H groups in total. The number of esters is 1. The van der Waals surface area contributed by atoms with Gasteiger partial charge in [-0.15, -0.1) is 0 Å². The van der Waals surface area contributed by atoms with E-state index in [1.807, 2.05) is 0 Å². The van der Waals surface area contributed by atoms with Crippen molar-refractivity contribution in [2.75, 3.05) is 10.8 Å². The number of carbonyl (C=O) groups excluding carboxylic acids is 1. The van der Waals surface area contributed by atoms with Crippen molar-refractivity contribution in [3.63, 3.8) is 0 Å². The molecule has 2 aromatic carbocycles. The molecular weight excluding hydrogens is 415 g/mol. The van der Waals surface area contributed by atoms with Crippen molar-refractivity contribution in [2.45, 2.75) is 24.8 Å². The van der Waals surface area contributed by atoms with Crippen LogP contribution < -0.4 is 4.31 Å². The zero-order chi connectivity index (χ0) is 21.1. The van der Waals surface area contributed by atoms with E-state index >= 15 is 0 Å². The molecule has 0 unspecified atom stereocenters. The Morgan fingerprint density at radius 1 is 1.25 bits per heavy atom. The lowest BCUT2D eigenvalue weighted by Crippen LogP contribution is -2.37. The minimum absolute atomic E-state index is 0.131. The Morgan fingerprint density at radius 3 is 2.39 bits per heavy atom. The second-order valence-corrected chi connectivity index (χ2v) is 8.17. The molecule has 0 heterocycles. The first kappa shape index (κ1) is 21.6. The lowest BCUT2D eigenvalue weighted by molar-refractivity contribution is -0.384. The van der Waals surface area contributed by atoms with Crippen LogP contribution in [-0.2, 0) is 19.6 Å². The standard InChI is InChI=1S/C17H16ClFN2O6S/c1-11(2)27-17(22)10-20(16-9-13(21(23)24)5-8-15(16)18)28(25,26)14-6-3-12(19)4-7-14/h3-9,11H,10H2,1-2H3. The molecule has 0 aliphatic rings. The minimum atomic E-state index is -4.41. The lowest BCUT2D eigenvalue weighted by atomic mass is 10.3. The third-order valence-corrected chi connectivity index (χ3v) is 5.54. The Kier molecular flexibility index (Phi) is 6.57. The third-order valence-electron chi connectivity index (χ3n) is 3.45. The van der Waals surface area contributed by atoms with Crippen LogP contribution >= 0.6 is 11.6 Å². The molecule has 0 aromatic heterocycles. The first-order chi connectivity index (χ1) is 13.0. The number of nitrogens with zero attached hydrogens (tertiary/aromatic N) is 2. The van der Waals surface area contributed by atoms with E-state index in [0.29, 0.717) is 4.31 Å². The number of nitro groups is 1. The molecule has 8 nitrogen and oxygen atoms in total. The summed E-state index contributed by atoms with van der Waals surface area (Å²) in [6, 6.07) is 7.08. The molecule has 0 radical (unpaired) electrons. The predicted octanol–water partition coefficient (Wildman–Crippen LogP) is 3.53. The van der Waals surface area contributed by atoms with Gasteiger partial charge in [0.05, 0.1) is 26.6 Å². The number of anilines is 1. The SMILES string of the molecule is CC(C)OC(=O)CN(c1cc([N+](=O)[O-])ccc1Cl)S(=O)(=O)c1ccc(F)cc1. The van der Waals surface area contributed by atoms with Crippen molar-refractivity contribution in [2.24, 2.45) is 0 Å². The molecule has 0 bridgehead atoms. The number of non-ortho nitro benzene ring substituents is 1. The fourth-order valence-electron chi connectivity index (χ4n) is 2.26. The van der Waals surface area contributed by atoms with Gasteiger partial charge in [-0.1, -0.05) is 11.6 Å². The molecule has 0 aliphatic carbocycles. The Labute approximate surface area is 165 Å². The summed E-state index contributed by atoms with van der Waals surface area (Å²) >= 11 is 6.06. The summed E-state index contributed by atoms with van der Waals surface area (Å²) in [7, 11) is -4.41. The van der Waals surface area contributed by atoms with Crippen molar-refractivity contribution in [3.8, 4) is 0 Å². The summed E-state index contributed by atoms with van der Waals surface area (Å²) in [5, 5.41) is 10.9. The number of rotatable bonds is 7. The van der Waals surface area contributed by atoms with E-state index in [9.17, 15) is 27.7 Å². The summed E-state index contributed by atoms with van der Waals surface area (Å²) in [6.45, 7) is 2.38. The van der Waals surface area contributed by atoms with Gasteiger partial charge in [0.2, 0.25) is 0 Å². The van der Waals surface area contributed by atoms with E-state index < -0.39 is 45.1 Å². The summed E-state index contributed by atoms with van der Waals surface area (Å²) in [6.07, 6.45) is -0.511. The van der Waals surface area contributed by atoms with Crippen LogP contribution in [0.3, 0.4) is 0 Å². The maximum atomic E-state index is 13.2. The smallest absolute Gasteiger partial charge is 0.327 e. The largest absolute Gasteiger partial charge is 0.462 e. The van der Waals surface area contributed by atoms with E-state index in [1.165, 1.54) is 0 Å². The molecule has 0 saturated heterocycles. The van der Waals surface area contributed by atoms with Gasteiger partial charge in [0.15, 0.2) is 0 Å². The van der Waals surface area contributed by atoms with Crippen molar-refractivity contribution in [1.29, 1.82) is 0 Å². The van der Waals surface area contributed by atoms with Gasteiger partial charge >= 0.3 is 5.97 Å². The molecule has 0 atom stereocenters. The number of benzene rings is 2. The first-order valence-electron chi connectivity index (χ1n) is 7.94. The molecule has 28 heavy (non-hydrogen) atoms. The highest BCUT2D eigenvalue weighted by atomic mass is 35.5. The van der Waals surface area contributed by atoms with Crippen LogP contribution in [0.2, 0.25) is 5.02 Å². The van der Waals surface area contributed by atoms with Crippen LogP contribution in [-0.4, -0.2) is 32.0 Å². The van der Waals surface area contributed by atoms with Crippen LogP contribution in [0, 0.1) is 15.9 Å². The number of carbonyl (C=O) groups is 1. The Hall–Kier alpha value is -2.72. The fourth-order valence-corrected chi connectivity index (χ4v) is 3.95. The van der Waals surface area contributed by atoms with Crippen LogP contribution in [0.25, 0.3) is 0 Å². The van der Waals surface area contributed by atoms with Gasteiger partial charge < -0.3 is 4.74 Å². The number of halogens is 2. The summed E-state index contributed by atoms with van der Waals surface area (Å²) < 4.78 is 44.9. The monoisotopic (exact) mass is 430 g/mol.